The summed E-state index contributed by atoms with van der Waals surface area (Å²) in [6.07, 6.45) is -1.10. The smallest absolute Gasteiger partial charge is 0.311 e. The Bertz CT molecular complexity index is 836. The van der Waals surface area contributed by atoms with E-state index >= 15 is 0 Å². The minimum Gasteiger partial charge on any atom is -0.474 e. The van der Waals surface area contributed by atoms with Crippen LogP contribution in [0.2, 0.25) is 0 Å². The molecule has 2 rings (SSSR count). The van der Waals surface area contributed by atoms with E-state index in [1.165, 1.54) is 37.3 Å². The minimum absolute atomic E-state index is 0.0198. The number of para-hydroxylation sites is 2. The fourth-order valence-electron chi connectivity index (χ4n) is 2.09. The van der Waals surface area contributed by atoms with Crippen molar-refractivity contribution in [2.75, 3.05) is 5.32 Å². The van der Waals surface area contributed by atoms with E-state index < -0.39 is 21.9 Å². The van der Waals surface area contributed by atoms with Gasteiger partial charge in [0, 0.05) is 12.1 Å². The van der Waals surface area contributed by atoms with Gasteiger partial charge >= 0.3 is 5.69 Å². The van der Waals surface area contributed by atoms with Gasteiger partial charge in [0.25, 0.3) is 11.6 Å². The van der Waals surface area contributed by atoms with Gasteiger partial charge in [0.15, 0.2) is 11.9 Å². The van der Waals surface area contributed by atoms with Crippen molar-refractivity contribution in [2.45, 2.75) is 20.0 Å². The Morgan fingerprint density at radius 2 is 1.72 bits per heavy atom. The van der Waals surface area contributed by atoms with Gasteiger partial charge in [-0.05, 0) is 31.5 Å². The van der Waals surface area contributed by atoms with Crippen LogP contribution in [-0.2, 0) is 4.79 Å². The van der Waals surface area contributed by atoms with E-state index in [1.807, 2.05) is 0 Å². The van der Waals surface area contributed by atoms with Crippen molar-refractivity contribution >= 4 is 23.0 Å². The summed E-state index contributed by atoms with van der Waals surface area (Å²) in [4.78, 5) is 33.0. The summed E-state index contributed by atoms with van der Waals surface area (Å²) in [5.41, 5.74) is 0.178. The predicted molar refractivity (Wildman–Crippen MR) is 89.6 cm³/mol. The van der Waals surface area contributed by atoms with Gasteiger partial charge in [-0.25, -0.2) is 0 Å². The molecule has 0 bridgehead atoms. The highest BCUT2D eigenvalue weighted by Gasteiger charge is 2.23. The maximum absolute atomic E-state index is 12.2. The first-order chi connectivity index (χ1) is 11.8. The maximum Gasteiger partial charge on any atom is 0.311 e. The Kier molecular flexibility index (Phi) is 5.28. The summed E-state index contributed by atoms with van der Waals surface area (Å²) in [5.74, 6) is -0.718. The first kappa shape index (κ1) is 17.9. The van der Waals surface area contributed by atoms with Crippen molar-refractivity contribution in [2.24, 2.45) is 0 Å². The summed E-state index contributed by atoms with van der Waals surface area (Å²) >= 11 is 0. The number of nitrogens with one attached hydrogen (secondary N) is 1. The molecule has 0 spiro atoms. The van der Waals surface area contributed by atoms with Crippen molar-refractivity contribution in [1.82, 2.24) is 0 Å². The van der Waals surface area contributed by atoms with Gasteiger partial charge in [-0.2, -0.15) is 0 Å². The molecule has 0 aliphatic heterocycles. The lowest BCUT2D eigenvalue weighted by atomic mass is 10.2. The molecule has 0 aliphatic rings. The molecule has 0 aromatic heterocycles. The number of hydrogen-bond acceptors (Lipinski definition) is 6. The predicted octanol–water partition coefficient (Wildman–Crippen LogP) is 3.22. The number of carbonyl (C=O) groups is 1. The number of amides is 1. The largest absolute Gasteiger partial charge is 0.474 e. The normalized spacial score (nSPS) is 11.4. The van der Waals surface area contributed by atoms with Crippen molar-refractivity contribution in [3.8, 4) is 5.75 Å². The van der Waals surface area contributed by atoms with E-state index in [0.717, 1.165) is 0 Å². The Balaban J connectivity index is 2.17. The fourth-order valence-corrected chi connectivity index (χ4v) is 2.09. The Labute approximate surface area is 142 Å². The lowest BCUT2D eigenvalue weighted by molar-refractivity contribution is -0.386. The van der Waals surface area contributed by atoms with Crippen molar-refractivity contribution < 1.29 is 19.4 Å². The van der Waals surface area contributed by atoms with Crippen molar-refractivity contribution in [3.63, 3.8) is 0 Å². The topological polar surface area (TPSA) is 125 Å². The number of benzene rings is 2. The maximum atomic E-state index is 12.2. The van der Waals surface area contributed by atoms with E-state index in [2.05, 4.69) is 5.32 Å². The van der Waals surface area contributed by atoms with Crippen molar-refractivity contribution in [3.05, 3.63) is 68.3 Å². The molecule has 0 unspecified atom stereocenters. The number of anilines is 1. The molecule has 25 heavy (non-hydrogen) atoms. The molecule has 0 radical (unpaired) electrons. The van der Waals surface area contributed by atoms with E-state index in [9.17, 15) is 25.0 Å². The van der Waals surface area contributed by atoms with Gasteiger partial charge in [0.2, 0.25) is 0 Å². The summed E-state index contributed by atoms with van der Waals surface area (Å²) in [6, 6.07) is 10.0. The van der Waals surface area contributed by atoms with E-state index in [-0.39, 0.29) is 22.8 Å². The molecule has 130 valence electrons. The van der Waals surface area contributed by atoms with Gasteiger partial charge in [-0.3, -0.25) is 25.0 Å². The van der Waals surface area contributed by atoms with Crippen LogP contribution < -0.4 is 10.1 Å². The van der Waals surface area contributed by atoms with Gasteiger partial charge in [0.05, 0.1) is 9.85 Å². The molecule has 9 nitrogen and oxygen atoms in total. The number of carbonyl (C=O) groups excluding carboxylic acids is 1. The Morgan fingerprint density at radius 1 is 1.08 bits per heavy atom. The molecule has 1 N–H and O–H groups in total. The fraction of sp³-hybridized carbons (Fsp3) is 0.188. The van der Waals surface area contributed by atoms with Crippen LogP contribution in [0.4, 0.5) is 17.1 Å². The summed E-state index contributed by atoms with van der Waals surface area (Å²) in [7, 11) is 0. The van der Waals surface area contributed by atoms with E-state index in [0.29, 0.717) is 5.56 Å². The lowest BCUT2D eigenvalue weighted by Gasteiger charge is -2.15. The molecule has 0 aliphatic carbocycles. The third-order valence-corrected chi connectivity index (χ3v) is 3.34. The molecule has 0 saturated heterocycles. The number of aryl methyl sites for hydroxylation is 1. The van der Waals surface area contributed by atoms with E-state index in [4.69, 9.17) is 4.74 Å². The zero-order valence-corrected chi connectivity index (χ0v) is 13.5. The quantitative estimate of drug-likeness (QED) is 0.633. The number of nitrogens with zero attached hydrogens (tertiary/aromatic N) is 2. The Hall–Kier alpha value is -3.49. The number of ether oxygens (including phenoxy) is 1. The molecule has 0 saturated carbocycles. The molecule has 2 aromatic carbocycles. The third-order valence-electron chi connectivity index (χ3n) is 3.34. The summed E-state index contributed by atoms with van der Waals surface area (Å²) in [6.45, 7) is 3.09. The van der Waals surface area contributed by atoms with Crippen LogP contribution in [0.3, 0.4) is 0 Å². The Morgan fingerprint density at radius 3 is 2.36 bits per heavy atom. The van der Waals surface area contributed by atoms with Crippen molar-refractivity contribution in [1.29, 1.82) is 0 Å². The number of rotatable bonds is 6. The molecular weight excluding hydrogens is 330 g/mol. The third kappa shape index (κ3) is 4.28. The molecule has 2 aromatic rings. The monoisotopic (exact) mass is 345 g/mol. The van der Waals surface area contributed by atoms with Crippen LogP contribution in [-0.4, -0.2) is 21.9 Å². The number of nitro groups is 2. The second-order valence-corrected chi connectivity index (χ2v) is 5.25. The highest BCUT2D eigenvalue weighted by molar-refractivity contribution is 5.96. The molecule has 0 heterocycles. The standard InChI is InChI=1S/C16H15N3O6/c1-10-7-8-15(14(9-10)19(23)24)25-11(2)16(20)17-12-5-3-4-6-13(12)18(21)22/h3-9,11H,1-2H3,(H,17,20)/t11-/m1/s1. The second kappa shape index (κ2) is 7.39. The van der Waals surface area contributed by atoms with Crippen LogP contribution >= 0.6 is 0 Å². The van der Waals surface area contributed by atoms with Crippen LogP contribution in [0.25, 0.3) is 0 Å². The van der Waals surface area contributed by atoms with E-state index in [1.54, 1.807) is 19.1 Å². The van der Waals surface area contributed by atoms with Gasteiger partial charge in [-0.15, -0.1) is 0 Å². The highest BCUT2D eigenvalue weighted by Crippen LogP contribution is 2.29. The number of hydrogen-bond donors (Lipinski definition) is 1. The highest BCUT2D eigenvalue weighted by atomic mass is 16.6. The number of nitro benzene ring substituents is 2. The van der Waals surface area contributed by atoms with Gasteiger partial charge in [0.1, 0.15) is 5.69 Å². The SMILES string of the molecule is Cc1ccc(O[C@H](C)C(=O)Nc2ccccc2[N+](=O)[O-])c([N+](=O)[O-])c1. The molecule has 1 atom stereocenters. The summed E-state index contributed by atoms with van der Waals surface area (Å²) in [5, 5.41) is 24.4. The lowest BCUT2D eigenvalue weighted by Crippen LogP contribution is -2.30. The molecule has 1 amide bonds. The average Bonchev–Trinajstić information content (AvgIpc) is 2.56. The zero-order chi connectivity index (χ0) is 18.6. The van der Waals surface area contributed by atoms with Crippen LogP contribution in [0.1, 0.15) is 12.5 Å². The van der Waals surface area contributed by atoms with Crippen LogP contribution in [0, 0.1) is 27.2 Å². The summed E-state index contributed by atoms with van der Waals surface area (Å²) < 4.78 is 5.37. The minimum atomic E-state index is -1.10. The second-order valence-electron chi connectivity index (χ2n) is 5.25. The molecule has 9 heteroatoms. The molecule has 0 fully saturated rings. The molecular formula is C16H15N3O6. The van der Waals surface area contributed by atoms with Gasteiger partial charge in [-0.1, -0.05) is 18.2 Å². The average molecular weight is 345 g/mol. The van der Waals surface area contributed by atoms with Gasteiger partial charge < -0.3 is 10.1 Å². The first-order valence-corrected chi connectivity index (χ1v) is 7.25. The zero-order valence-electron chi connectivity index (χ0n) is 13.5. The van der Waals surface area contributed by atoms with Crippen LogP contribution in [0.15, 0.2) is 42.5 Å². The van der Waals surface area contributed by atoms with Crippen LogP contribution in [0.5, 0.6) is 5.75 Å². The first-order valence-electron chi connectivity index (χ1n) is 7.25.